The first kappa shape index (κ1) is 14.5. The van der Waals surface area contributed by atoms with E-state index in [1.165, 1.54) is 18.4 Å². The van der Waals surface area contributed by atoms with E-state index in [2.05, 4.69) is 20.8 Å². The van der Waals surface area contributed by atoms with Gasteiger partial charge in [-0.15, -0.1) is 5.10 Å². The monoisotopic (exact) mass is 296 g/mol. The Labute approximate surface area is 117 Å². The third kappa shape index (κ3) is 3.34. The van der Waals surface area contributed by atoms with Gasteiger partial charge in [-0.1, -0.05) is 5.10 Å². The summed E-state index contributed by atoms with van der Waals surface area (Å²) in [6.45, 7) is 1.90. The lowest BCUT2D eigenvalue weighted by Crippen LogP contribution is -2.12. The van der Waals surface area contributed by atoms with Gasteiger partial charge in [-0.05, 0) is 38.2 Å². The van der Waals surface area contributed by atoms with Gasteiger partial charge in [0, 0.05) is 11.9 Å². The van der Waals surface area contributed by atoms with Gasteiger partial charge in [0.15, 0.2) is 9.84 Å². The second-order valence-electron chi connectivity index (χ2n) is 4.38. The van der Waals surface area contributed by atoms with Crippen molar-refractivity contribution in [2.75, 3.05) is 18.6 Å². The molecule has 1 atom stereocenters. The van der Waals surface area contributed by atoms with Crippen LogP contribution in [0.15, 0.2) is 33.6 Å². The van der Waals surface area contributed by atoms with Crippen LogP contribution in [-0.2, 0) is 9.84 Å². The Bertz CT molecular complexity index is 679. The summed E-state index contributed by atoms with van der Waals surface area (Å²) in [5.74, 6) is 0.475. The summed E-state index contributed by atoms with van der Waals surface area (Å²) >= 11 is 0. The first-order chi connectivity index (χ1) is 9.40. The molecular formula is C12H16N4O3S. The molecule has 0 aliphatic carbocycles. The van der Waals surface area contributed by atoms with E-state index in [1.807, 2.05) is 6.92 Å². The van der Waals surface area contributed by atoms with E-state index < -0.39 is 9.84 Å². The number of rotatable bonds is 5. The molecule has 1 aromatic heterocycles. The number of hydrogen-bond acceptors (Lipinski definition) is 7. The highest BCUT2D eigenvalue weighted by Crippen LogP contribution is 2.19. The molecule has 20 heavy (non-hydrogen) atoms. The van der Waals surface area contributed by atoms with Crippen molar-refractivity contribution in [1.29, 1.82) is 0 Å². The number of hydrogen-bond donors (Lipinski definition) is 2. The summed E-state index contributed by atoms with van der Waals surface area (Å²) in [7, 11) is -1.39. The normalized spacial score (nSPS) is 13.2. The fourth-order valence-corrected chi connectivity index (χ4v) is 2.12. The van der Waals surface area contributed by atoms with Crippen molar-refractivity contribution in [1.82, 2.24) is 15.5 Å². The van der Waals surface area contributed by atoms with Crippen LogP contribution in [0.1, 0.15) is 18.9 Å². The number of benzene rings is 1. The third-order valence-corrected chi connectivity index (χ3v) is 3.91. The van der Waals surface area contributed by atoms with Crippen LogP contribution in [0.4, 0.5) is 11.7 Å². The lowest BCUT2D eigenvalue weighted by Gasteiger charge is -2.04. The van der Waals surface area contributed by atoms with Gasteiger partial charge in [-0.3, -0.25) is 0 Å². The number of nitrogens with one attached hydrogen (secondary N) is 2. The van der Waals surface area contributed by atoms with E-state index >= 15 is 0 Å². The molecule has 0 saturated heterocycles. The highest BCUT2D eigenvalue weighted by Gasteiger charge is 2.12. The zero-order valence-corrected chi connectivity index (χ0v) is 12.2. The second kappa shape index (κ2) is 5.59. The van der Waals surface area contributed by atoms with Crippen molar-refractivity contribution >= 4 is 21.5 Å². The van der Waals surface area contributed by atoms with Gasteiger partial charge in [0.2, 0.25) is 5.89 Å². The van der Waals surface area contributed by atoms with E-state index in [0.717, 1.165) is 0 Å². The summed E-state index contributed by atoms with van der Waals surface area (Å²) in [5.41, 5.74) is 0.671. The maximum atomic E-state index is 11.3. The minimum absolute atomic E-state index is 0.0364. The molecule has 1 heterocycles. The average molecular weight is 296 g/mol. The molecule has 0 spiro atoms. The molecular weight excluding hydrogens is 280 g/mol. The Morgan fingerprint density at radius 1 is 1.20 bits per heavy atom. The zero-order chi connectivity index (χ0) is 14.8. The van der Waals surface area contributed by atoms with Gasteiger partial charge in [0.25, 0.3) is 0 Å². The van der Waals surface area contributed by atoms with Crippen LogP contribution in [0, 0.1) is 0 Å². The molecule has 8 heteroatoms. The Morgan fingerprint density at radius 3 is 2.40 bits per heavy atom. The molecule has 7 nitrogen and oxygen atoms in total. The van der Waals surface area contributed by atoms with Crippen LogP contribution in [0.2, 0.25) is 0 Å². The summed E-state index contributed by atoms with van der Waals surface area (Å²) < 4.78 is 28.1. The molecule has 2 aromatic rings. The van der Waals surface area contributed by atoms with Gasteiger partial charge in [-0.25, -0.2) is 8.42 Å². The SMILES string of the molecule is CNC(C)c1nnc(Nc2ccc(S(C)(=O)=O)cc2)o1. The van der Waals surface area contributed by atoms with Gasteiger partial charge >= 0.3 is 6.01 Å². The third-order valence-electron chi connectivity index (χ3n) is 2.78. The topological polar surface area (TPSA) is 97.1 Å². The molecule has 2 N–H and O–H groups in total. The molecule has 0 saturated carbocycles. The lowest BCUT2D eigenvalue weighted by atomic mass is 10.3. The van der Waals surface area contributed by atoms with Crippen LogP contribution in [-0.4, -0.2) is 31.9 Å². The summed E-state index contributed by atoms with van der Waals surface area (Å²) in [6.07, 6.45) is 1.17. The molecule has 2 rings (SSSR count). The molecule has 1 aromatic carbocycles. The lowest BCUT2D eigenvalue weighted by molar-refractivity contribution is 0.443. The molecule has 108 valence electrons. The van der Waals surface area contributed by atoms with Crippen molar-refractivity contribution in [2.45, 2.75) is 17.9 Å². The standard InChI is InChI=1S/C12H16N4O3S/c1-8(13-2)11-15-16-12(19-11)14-9-4-6-10(7-5-9)20(3,17)18/h4-8,13H,1-3H3,(H,14,16). The predicted octanol–water partition coefficient (Wildman–Crippen LogP) is 1.50. The van der Waals surface area contributed by atoms with Crippen LogP contribution >= 0.6 is 0 Å². The maximum absolute atomic E-state index is 11.3. The van der Waals surface area contributed by atoms with Gasteiger partial charge < -0.3 is 15.1 Å². The Hall–Kier alpha value is -1.93. The number of nitrogens with zero attached hydrogens (tertiary/aromatic N) is 2. The van der Waals surface area contributed by atoms with Crippen molar-refractivity contribution in [3.8, 4) is 0 Å². The highest BCUT2D eigenvalue weighted by atomic mass is 32.2. The highest BCUT2D eigenvalue weighted by molar-refractivity contribution is 7.90. The smallest absolute Gasteiger partial charge is 0.320 e. The molecule has 0 aliphatic heterocycles. The Kier molecular flexibility index (Phi) is 4.05. The van der Waals surface area contributed by atoms with Crippen molar-refractivity contribution in [2.24, 2.45) is 0 Å². The first-order valence-corrected chi connectivity index (χ1v) is 7.87. The predicted molar refractivity (Wildman–Crippen MR) is 74.6 cm³/mol. The maximum Gasteiger partial charge on any atom is 0.320 e. The van der Waals surface area contributed by atoms with Crippen LogP contribution in [0.5, 0.6) is 0 Å². The number of sulfone groups is 1. The van der Waals surface area contributed by atoms with E-state index in [9.17, 15) is 8.42 Å². The largest absolute Gasteiger partial charge is 0.406 e. The van der Waals surface area contributed by atoms with Crippen LogP contribution < -0.4 is 10.6 Å². The average Bonchev–Trinajstić information content (AvgIpc) is 2.86. The summed E-state index contributed by atoms with van der Waals surface area (Å²) in [5, 5.41) is 13.7. The molecule has 1 unspecified atom stereocenters. The molecule has 0 fully saturated rings. The van der Waals surface area contributed by atoms with E-state index in [4.69, 9.17) is 4.42 Å². The van der Waals surface area contributed by atoms with Crippen molar-refractivity contribution in [3.63, 3.8) is 0 Å². The van der Waals surface area contributed by atoms with Gasteiger partial charge in [0.1, 0.15) is 0 Å². The molecule has 0 aliphatic rings. The summed E-state index contributed by atoms with van der Waals surface area (Å²) in [4.78, 5) is 0.262. The van der Waals surface area contributed by atoms with E-state index in [-0.39, 0.29) is 17.0 Å². The molecule has 0 radical (unpaired) electrons. The van der Waals surface area contributed by atoms with Gasteiger partial charge in [-0.2, -0.15) is 0 Å². The number of anilines is 2. The Balaban J connectivity index is 2.12. The van der Waals surface area contributed by atoms with Gasteiger partial charge in [0.05, 0.1) is 10.9 Å². The minimum Gasteiger partial charge on any atom is -0.406 e. The van der Waals surface area contributed by atoms with Crippen molar-refractivity contribution < 1.29 is 12.8 Å². The molecule has 0 bridgehead atoms. The zero-order valence-electron chi connectivity index (χ0n) is 11.4. The number of aromatic nitrogens is 2. The fraction of sp³-hybridized carbons (Fsp3) is 0.333. The quantitative estimate of drug-likeness (QED) is 0.862. The fourth-order valence-electron chi connectivity index (χ4n) is 1.49. The second-order valence-corrected chi connectivity index (χ2v) is 6.39. The van der Waals surface area contributed by atoms with E-state index in [1.54, 1.807) is 19.2 Å². The van der Waals surface area contributed by atoms with Crippen molar-refractivity contribution in [3.05, 3.63) is 30.2 Å². The first-order valence-electron chi connectivity index (χ1n) is 5.98. The summed E-state index contributed by atoms with van der Waals surface area (Å²) in [6, 6.07) is 6.54. The Morgan fingerprint density at radius 2 is 1.85 bits per heavy atom. The van der Waals surface area contributed by atoms with Crippen LogP contribution in [0.3, 0.4) is 0 Å². The van der Waals surface area contributed by atoms with E-state index in [0.29, 0.717) is 11.6 Å². The minimum atomic E-state index is -3.19. The molecule has 0 amide bonds. The van der Waals surface area contributed by atoms with Crippen LogP contribution in [0.25, 0.3) is 0 Å².